The number of nitrogens with zero attached hydrogens (tertiary/aromatic N) is 3. The number of anilines is 1. The molecular formula is C17H23N5O2. The molecule has 24 heavy (non-hydrogen) atoms. The lowest BCUT2D eigenvalue weighted by molar-refractivity contribution is 0.222. The Hall–Kier alpha value is -2.54. The number of nitrogens with one attached hydrogen (secondary N) is 1. The van der Waals surface area contributed by atoms with E-state index in [1.54, 1.807) is 16.7 Å². The Labute approximate surface area is 141 Å². The maximum Gasteiger partial charge on any atom is 0.323 e. The molecule has 1 saturated heterocycles. The number of benzene rings is 1. The van der Waals surface area contributed by atoms with Crippen molar-refractivity contribution < 1.29 is 9.53 Å². The molecule has 2 amide bonds. The van der Waals surface area contributed by atoms with Crippen LogP contribution < -0.4 is 15.8 Å². The van der Waals surface area contributed by atoms with Gasteiger partial charge in [-0.05, 0) is 31.0 Å². The van der Waals surface area contributed by atoms with Gasteiger partial charge >= 0.3 is 6.03 Å². The molecule has 0 aliphatic carbocycles. The second-order valence-corrected chi connectivity index (χ2v) is 6.09. The second kappa shape index (κ2) is 6.52. The molecular weight excluding hydrogens is 306 g/mol. The Balaban J connectivity index is 1.89. The molecule has 1 aromatic heterocycles. The average molecular weight is 329 g/mol. The molecule has 3 rings (SSSR count). The Morgan fingerprint density at radius 3 is 2.67 bits per heavy atom. The van der Waals surface area contributed by atoms with Gasteiger partial charge < -0.3 is 15.4 Å². The first kappa shape index (κ1) is 16.3. The number of likely N-dealkylation sites (tertiary alicyclic amines) is 1. The fraction of sp³-hybridized carbons (Fsp3) is 0.412. The average Bonchev–Trinajstić information content (AvgIpc) is 3.11. The number of aryl methyl sites for hydroxylation is 2. The van der Waals surface area contributed by atoms with Crippen LogP contribution in [0, 0.1) is 6.92 Å². The maximum absolute atomic E-state index is 12.5. The number of carbonyl (C=O) groups is 1. The van der Waals surface area contributed by atoms with Gasteiger partial charge in [-0.15, -0.1) is 0 Å². The van der Waals surface area contributed by atoms with Gasteiger partial charge in [-0.3, -0.25) is 10.00 Å². The van der Waals surface area contributed by atoms with Crippen LogP contribution in [0.5, 0.6) is 5.75 Å². The standard InChI is InChI=1S/C17H23N5O2/c1-11-15(12-4-6-14(24-3)7-5-12)16(21(2)20-11)19-17(23)22-9-8-13(18)10-22/h4-7,13H,8-10,18H2,1-3H3,(H,19,23)/t13-/m1/s1. The number of ether oxygens (including phenoxy) is 1. The minimum Gasteiger partial charge on any atom is -0.497 e. The zero-order valence-corrected chi connectivity index (χ0v) is 14.2. The summed E-state index contributed by atoms with van der Waals surface area (Å²) in [5.74, 6) is 1.47. The van der Waals surface area contributed by atoms with Crippen molar-refractivity contribution in [3.8, 4) is 16.9 Å². The van der Waals surface area contributed by atoms with Gasteiger partial charge in [0.25, 0.3) is 0 Å². The highest BCUT2D eigenvalue weighted by atomic mass is 16.5. The normalized spacial score (nSPS) is 17.2. The minimum atomic E-state index is -0.138. The van der Waals surface area contributed by atoms with E-state index in [-0.39, 0.29) is 12.1 Å². The Morgan fingerprint density at radius 1 is 1.38 bits per heavy atom. The van der Waals surface area contributed by atoms with E-state index in [1.807, 2.05) is 38.2 Å². The Bertz CT molecular complexity index is 738. The van der Waals surface area contributed by atoms with Crippen molar-refractivity contribution in [2.45, 2.75) is 19.4 Å². The molecule has 0 saturated carbocycles. The van der Waals surface area contributed by atoms with Gasteiger partial charge in [0, 0.05) is 31.7 Å². The van der Waals surface area contributed by atoms with Gasteiger partial charge in [-0.1, -0.05) is 12.1 Å². The van der Waals surface area contributed by atoms with E-state index in [0.717, 1.165) is 29.0 Å². The van der Waals surface area contributed by atoms with Gasteiger partial charge in [-0.25, -0.2) is 4.79 Å². The van der Waals surface area contributed by atoms with Crippen LogP contribution in [0.2, 0.25) is 0 Å². The third-order valence-corrected chi connectivity index (χ3v) is 4.34. The SMILES string of the molecule is COc1ccc(-c2c(C)nn(C)c2NC(=O)N2CC[C@@H](N)C2)cc1. The summed E-state index contributed by atoms with van der Waals surface area (Å²) in [5.41, 5.74) is 8.64. The largest absolute Gasteiger partial charge is 0.497 e. The highest BCUT2D eigenvalue weighted by Gasteiger charge is 2.25. The van der Waals surface area contributed by atoms with Crippen LogP contribution >= 0.6 is 0 Å². The molecule has 2 aromatic rings. The van der Waals surface area contributed by atoms with Crippen molar-refractivity contribution in [2.24, 2.45) is 12.8 Å². The van der Waals surface area contributed by atoms with E-state index in [0.29, 0.717) is 18.9 Å². The number of rotatable bonds is 3. The number of carbonyl (C=O) groups excluding carboxylic acids is 1. The van der Waals surface area contributed by atoms with Crippen molar-refractivity contribution in [3.63, 3.8) is 0 Å². The molecule has 7 heteroatoms. The van der Waals surface area contributed by atoms with Gasteiger partial charge in [0.1, 0.15) is 11.6 Å². The third-order valence-electron chi connectivity index (χ3n) is 4.34. The lowest BCUT2D eigenvalue weighted by Crippen LogP contribution is -2.35. The summed E-state index contributed by atoms with van der Waals surface area (Å²) >= 11 is 0. The molecule has 2 heterocycles. The van der Waals surface area contributed by atoms with Crippen LogP contribution in [0.3, 0.4) is 0 Å². The van der Waals surface area contributed by atoms with E-state index in [2.05, 4.69) is 10.4 Å². The van der Waals surface area contributed by atoms with Crippen LogP contribution in [-0.2, 0) is 7.05 Å². The third kappa shape index (κ3) is 3.07. The molecule has 128 valence electrons. The number of urea groups is 1. The molecule has 1 atom stereocenters. The molecule has 7 nitrogen and oxygen atoms in total. The summed E-state index contributed by atoms with van der Waals surface area (Å²) in [6.45, 7) is 3.20. The molecule has 1 fully saturated rings. The van der Waals surface area contributed by atoms with Crippen molar-refractivity contribution in [1.29, 1.82) is 0 Å². The fourth-order valence-corrected chi connectivity index (χ4v) is 3.06. The smallest absolute Gasteiger partial charge is 0.323 e. The fourth-order valence-electron chi connectivity index (χ4n) is 3.06. The van der Waals surface area contributed by atoms with Crippen LogP contribution in [0.1, 0.15) is 12.1 Å². The van der Waals surface area contributed by atoms with Gasteiger partial charge in [0.2, 0.25) is 0 Å². The van der Waals surface area contributed by atoms with E-state index in [9.17, 15) is 4.79 Å². The summed E-state index contributed by atoms with van der Waals surface area (Å²) in [6.07, 6.45) is 0.836. The van der Waals surface area contributed by atoms with Crippen LogP contribution in [-0.4, -0.2) is 47.0 Å². The number of amides is 2. The monoisotopic (exact) mass is 329 g/mol. The van der Waals surface area contributed by atoms with Gasteiger partial charge in [0.15, 0.2) is 0 Å². The van der Waals surface area contributed by atoms with E-state index in [1.165, 1.54) is 0 Å². The first-order valence-electron chi connectivity index (χ1n) is 7.99. The van der Waals surface area contributed by atoms with E-state index < -0.39 is 0 Å². The van der Waals surface area contributed by atoms with Crippen LogP contribution in [0.25, 0.3) is 11.1 Å². The number of hydrogen-bond donors (Lipinski definition) is 2. The summed E-state index contributed by atoms with van der Waals surface area (Å²) in [6, 6.07) is 7.64. The highest BCUT2D eigenvalue weighted by Crippen LogP contribution is 2.32. The van der Waals surface area contributed by atoms with Crippen molar-refractivity contribution in [2.75, 3.05) is 25.5 Å². The van der Waals surface area contributed by atoms with Crippen molar-refractivity contribution in [1.82, 2.24) is 14.7 Å². The summed E-state index contributed by atoms with van der Waals surface area (Å²) in [4.78, 5) is 14.2. The van der Waals surface area contributed by atoms with Crippen LogP contribution in [0.15, 0.2) is 24.3 Å². The molecule has 1 aromatic carbocycles. The van der Waals surface area contributed by atoms with Gasteiger partial charge in [0.05, 0.1) is 12.8 Å². The van der Waals surface area contributed by atoms with Crippen LogP contribution in [0.4, 0.5) is 10.6 Å². The molecule has 0 spiro atoms. The molecule has 0 bridgehead atoms. The van der Waals surface area contributed by atoms with Crippen molar-refractivity contribution in [3.05, 3.63) is 30.0 Å². The number of aromatic nitrogens is 2. The summed E-state index contributed by atoms with van der Waals surface area (Å²) in [7, 11) is 3.46. The van der Waals surface area contributed by atoms with E-state index in [4.69, 9.17) is 10.5 Å². The Morgan fingerprint density at radius 2 is 2.08 bits per heavy atom. The Kier molecular flexibility index (Phi) is 4.44. The van der Waals surface area contributed by atoms with Crippen molar-refractivity contribution >= 4 is 11.8 Å². The quantitative estimate of drug-likeness (QED) is 0.901. The molecule has 1 aliphatic heterocycles. The number of methoxy groups -OCH3 is 1. The first-order valence-corrected chi connectivity index (χ1v) is 7.99. The zero-order chi connectivity index (χ0) is 17.3. The topological polar surface area (TPSA) is 85.4 Å². The second-order valence-electron chi connectivity index (χ2n) is 6.09. The zero-order valence-electron chi connectivity index (χ0n) is 14.2. The highest BCUT2D eigenvalue weighted by molar-refractivity contribution is 5.94. The lowest BCUT2D eigenvalue weighted by Gasteiger charge is -2.17. The first-order chi connectivity index (χ1) is 11.5. The summed E-state index contributed by atoms with van der Waals surface area (Å²) in [5, 5.41) is 7.44. The lowest BCUT2D eigenvalue weighted by atomic mass is 10.1. The maximum atomic E-state index is 12.5. The summed E-state index contributed by atoms with van der Waals surface area (Å²) < 4.78 is 6.90. The molecule has 0 radical (unpaired) electrons. The predicted octanol–water partition coefficient (Wildman–Crippen LogP) is 1.97. The molecule has 0 unspecified atom stereocenters. The number of nitrogens with two attached hydrogens (primary N) is 1. The number of hydrogen-bond acceptors (Lipinski definition) is 4. The predicted molar refractivity (Wildman–Crippen MR) is 93.1 cm³/mol. The molecule has 1 aliphatic rings. The van der Waals surface area contributed by atoms with E-state index >= 15 is 0 Å². The minimum absolute atomic E-state index is 0.0603. The van der Waals surface area contributed by atoms with Gasteiger partial charge in [-0.2, -0.15) is 5.10 Å². The molecule has 3 N–H and O–H groups in total.